The van der Waals surface area contributed by atoms with Gasteiger partial charge in [-0.3, -0.25) is 0 Å². The van der Waals surface area contributed by atoms with E-state index in [2.05, 4.69) is 65.5 Å². The van der Waals surface area contributed by atoms with Crippen molar-refractivity contribution >= 4 is 57.6 Å². The Morgan fingerprint density at radius 3 is 2.38 bits per heavy atom. The van der Waals surface area contributed by atoms with Gasteiger partial charge in [-0.05, 0) is 85.4 Å². The molecule has 0 bridgehead atoms. The monoisotopic (exact) mass is 723 g/mol. The van der Waals surface area contributed by atoms with Crippen LogP contribution in [0.2, 0.25) is 0 Å². The average molecular weight is 725 g/mol. The third kappa shape index (κ3) is 7.67. The van der Waals surface area contributed by atoms with Crippen molar-refractivity contribution in [3.8, 4) is 17.2 Å². The van der Waals surface area contributed by atoms with Crippen LogP contribution in [0.1, 0.15) is 37.7 Å². The number of rotatable bonds is 10. The van der Waals surface area contributed by atoms with Crippen LogP contribution < -0.4 is 30.3 Å². The SMILES string of the molecule is COc1cnn(-c2ccc(Nc3nc(Nc4cc(C)c(N5CCC(N6CCCCC6)CC5)cc4OC)ncc3Br)c([P+](C)(C)O)c2)c1. The molecule has 2 aromatic carbocycles. The van der Waals surface area contributed by atoms with Crippen LogP contribution in [-0.2, 0) is 0 Å². The molecule has 2 saturated heterocycles. The van der Waals surface area contributed by atoms with Crippen molar-refractivity contribution in [1.82, 2.24) is 24.6 Å². The van der Waals surface area contributed by atoms with Gasteiger partial charge in [0.15, 0.2) is 19.1 Å². The van der Waals surface area contributed by atoms with Gasteiger partial charge in [0.2, 0.25) is 5.95 Å². The lowest BCUT2D eigenvalue weighted by molar-refractivity contribution is 0.141. The Kier molecular flexibility index (Phi) is 10.2. The maximum atomic E-state index is 11.2. The molecule has 2 fully saturated rings. The van der Waals surface area contributed by atoms with Gasteiger partial charge in [-0.25, -0.2) is 14.6 Å². The van der Waals surface area contributed by atoms with Crippen molar-refractivity contribution in [2.45, 2.75) is 45.1 Å². The normalized spacial score (nSPS) is 16.3. The number of hydrogen-bond donors (Lipinski definition) is 3. The third-order valence-electron chi connectivity index (χ3n) is 9.10. The molecule has 0 atom stereocenters. The van der Waals surface area contributed by atoms with Crippen molar-refractivity contribution in [2.75, 3.05) is 69.3 Å². The summed E-state index contributed by atoms with van der Waals surface area (Å²) in [6.45, 7) is 10.5. The molecule has 4 aromatic rings. The van der Waals surface area contributed by atoms with Gasteiger partial charge in [0, 0.05) is 43.1 Å². The highest BCUT2D eigenvalue weighted by Crippen LogP contribution is 2.47. The Morgan fingerprint density at radius 2 is 1.70 bits per heavy atom. The van der Waals surface area contributed by atoms with E-state index < -0.39 is 7.49 Å². The molecule has 4 heterocycles. The summed E-state index contributed by atoms with van der Waals surface area (Å²) in [5, 5.41) is 12.0. The van der Waals surface area contributed by atoms with Gasteiger partial charge < -0.3 is 29.9 Å². The number of methoxy groups -OCH3 is 2. The number of hydrogen-bond acceptors (Lipinski definition) is 10. The van der Waals surface area contributed by atoms with E-state index in [1.54, 1.807) is 37.5 Å². The molecule has 11 nitrogen and oxygen atoms in total. The summed E-state index contributed by atoms with van der Waals surface area (Å²) in [7, 11) is 0.857. The minimum Gasteiger partial charge on any atom is -0.494 e. The van der Waals surface area contributed by atoms with Crippen LogP contribution in [0, 0.1) is 6.92 Å². The molecule has 0 aliphatic carbocycles. The maximum Gasteiger partial charge on any atom is 0.229 e. The van der Waals surface area contributed by atoms with Gasteiger partial charge in [0.1, 0.15) is 11.1 Å². The molecule has 0 saturated carbocycles. The predicted octanol–water partition coefficient (Wildman–Crippen LogP) is 6.50. The summed E-state index contributed by atoms with van der Waals surface area (Å²) >= 11 is 3.60. The second-order valence-corrected chi connectivity index (χ2v) is 16.8. The molecular weight excluding hydrogens is 679 g/mol. The molecule has 2 aliphatic heterocycles. The van der Waals surface area contributed by atoms with Crippen LogP contribution in [0.5, 0.6) is 11.5 Å². The van der Waals surface area contributed by atoms with Crippen molar-refractivity contribution in [1.29, 1.82) is 0 Å². The minimum atomic E-state index is -2.45. The second kappa shape index (κ2) is 14.4. The number of likely N-dealkylation sites (tertiary alicyclic amines) is 1. The number of aryl methyl sites for hydroxylation is 1. The highest BCUT2D eigenvalue weighted by Gasteiger charge is 2.31. The van der Waals surface area contributed by atoms with Crippen molar-refractivity contribution in [2.24, 2.45) is 0 Å². The fraction of sp³-hybridized carbons (Fsp3) is 0.441. The first kappa shape index (κ1) is 33.5. The number of halogens is 1. The molecule has 2 aliphatic rings. The topological polar surface area (TPSA) is 113 Å². The summed E-state index contributed by atoms with van der Waals surface area (Å²) in [4.78, 5) is 25.7. The first-order chi connectivity index (χ1) is 22.6. The molecule has 0 amide bonds. The molecule has 3 N–H and O–H groups in total. The van der Waals surface area contributed by atoms with Crippen molar-refractivity contribution in [3.05, 3.63) is 59.0 Å². The smallest absolute Gasteiger partial charge is 0.229 e. The first-order valence-electron chi connectivity index (χ1n) is 16.2. The summed E-state index contributed by atoms with van der Waals surface area (Å²) in [5.74, 6) is 2.38. The van der Waals surface area contributed by atoms with Gasteiger partial charge in [-0.1, -0.05) is 6.42 Å². The van der Waals surface area contributed by atoms with Crippen molar-refractivity contribution in [3.63, 3.8) is 0 Å². The highest BCUT2D eigenvalue weighted by molar-refractivity contribution is 9.10. The van der Waals surface area contributed by atoms with Gasteiger partial charge in [-0.15, -0.1) is 0 Å². The lowest BCUT2D eigenvalue weighted by Crippen LogP contribution is -2.46. The van der Waals surface area contributed by atoms with Gasteiger partial charge in [0.05, 0.1) is 61.5 Å². The summed E-state index contributed by atoms with van der Waals surface area (Å²) in [6, 6.07) is 10.8. The van der Waals surface area contributed by atoms with Crippen LogP contribution in [-0.4, -0.2) is 89.3 Å². The number of nitrogens with zero attached hydrogens (tertiary/aromatic N) is 6. The lowest BCUT2D eigenvalue weighted by Gasteiger charge is -2.41. The van der Waals surface area contributed by atoms with Crippen LogP contribution >= 0.6 is 23.4 Å². The average Bonchev–Trinajstić information content (AvgIpc) is 3.56. The summed E-state index contributed by atoms with van der Waals surface area (Å²) in [6.07, 6.45) is 11.6. The first-order valence-corrected chi connectivity index (χ1v) is 19.6. The standard InChI is InChI=1S/C34H45BrN8O3P/c1-23-17-29(31(46-3)19-30(23)42-15-11-24(12-16-42)41-13-7-6-8-14-41)39-34-36-21-27(35)33(40-34)38-28-10-9-25(18-32(28)47(4,5)44)43-22-26(45-2)20-37-43/h9-10,17-22,24,44H,6-8,11-16H2,1-5H3,(H2,36,38,39,40)/q+1. The molecule has 250 valence electrons. The number of anilines is 5. The lowest BCUT2D eigenvalue weighted by atomic mass is 9.98. The number of ether oxygens (including phenoxy) is 2. The van der Waals surface area contributed by atoms with Gasteiger partial charge in [0.25, 0.3) is 0 Å². The van der Waals surface area contributed by atoms with Gasteiger partial charge >= 0.3 is 0 Å². The Hall–Kier alpha value is -3.44. The molecule has 13 heteroatoms. The van der Waals surface area contributed by atoms with E-state index >= 15 is 0 Å². The zero-order valence-electron chi connectivity index (χ0n) is 27.8. The Morgan fingerprint density at radius 1 is 0.936 bits per heavy atom. The van der Waals surface area contributed by atoms with Crippen LogP contribution in [0.4, 0.5) is 28.8 Å². The van der Waals surface area contributed by atoms with E-state index in [1.165, 1.54) is 56.4 Å². The van der Waals surface area contributed by atoms with Crippen molar-refractivity contribution < 1.29 is 14.4 Å². The molecule has 0 spiro atoms. The molecule has 2 aromatic heterocycles. The number of piperidine rings is 2. The number of nitrogens with one attached hydrogen (secondary N) is 2. The third-order valence-corrected chi connectivity index (χ3v) is 11.2. The van der Waals surface area contributed by atoms with Gasteiger partial charge in [-0.2, -0.15) is 10.1 Å². The van der Waals surface area contributed by atoms with E-state index in [0.717, 1.165) is 41.2 Å². The number of aromatic nitrogens is 4. The van der Waals surface area contributed by atoms with E-state index in [4.69, 9.17) is 14.5 Å². The largest absolute Gasteiger partial charge is 0.494 e. The van der Waals surface area contributed by atoms with E-state index in [-0.39, 0.29) is 0 Å². The van der Waals surface area contributed by atoms with Crippen LogP contribution in [0.3, 0.4) is 0 Å². The maximum absolute atomic E-state index is 11.2. The molecule has 0 unspecified atom stereocenters. The van der Waals surface area contributed by atoms with E-state index in [9.17, 15) is 4.89 Å². The predicted molar refractivity (Wildman–Crippen MR) is 195 cm³/mol. The Balaban J connectivity index is 1.20. The van der Waals surface area contributed by atoms with Crippen LogP contribution in [0.15, 0.2) is 53.4 Å². The highest BCUT2D eigenvalue weighted by atomic mass is 79.9. The molecule has 6 rings (SSSR count). The zero-order valence-corrected chi connectivity index (χ0v) is 30.3. The Labute approximate surface area is 286 Å². The Bertz CT molecular complexity index is 1700. The molecule has 47 heavy (non-hydrogen) atoms. The fourth-order valence-electron chi connectivity index (χ4n) is 6.58. The summed E-state index contributed by atoms with van der Waals surface area (Å²) < 4.78 is 13.6. The quantitative estimate of drug-likeness (QED) is 0.157. The molecular formula is C34H45BrN8O3P+. The van der Waals surface area contributed by atoms with E-state index in [0.29, 0.717) is 28.0 Å². The fourth-order valence-corrected chi connectivity index (χ4v) is 8.04. The zero-order chi connectivity index (χ0) is 33.1. The molecule has 0 radical (unpaired) electrons. The second-order valence-electron chi connectivity index (χ2n) is 12.7. The minimum absolute atomic E-state index is 0.420. The van der Waals surface area contributed by atoms with Crippen LogP contribution in [0.25, 0.3) is 5.69 Å². The summed E-state index contributed by atoms with van der Waals surface area (Å²) in [5.41, 5.74) is 4.75. The number of benzene rings is 2. The van der Waals surface area contributed by atoms with E-state index in [1.807, 2.05) is 31.5 Å².